The second kappa shape index (κ2) is 19.3. The van der Waals surface area contributed by atoms with E-state index in [1.54, 1.807) is 6.92 Å². The molecule has 0 aliphatic heterocycles. The van der Waals surface area contributed by atoms with Gasteiger partial charge >= 0.3 is 7.82 Å². The van der Waals surface area contributed by atoms with E-state index in [4.69, 9.17) is 14.3 Å². The predicted octanol–water partition coefficient (Wildman–Crippen LogP) is 6.85. The van der Waals surface area contributed by atoms with Crippen molar-refractivity contribution in [3.8, 4) is 0 Å². The van der Waals surface area contributed by atoms with Gasteiger partial charge in [-0.1, -0.05) is 111 Å². The van der Waals surface area contributed by atoms with Crippen LogP contribution >= 0.6 is 7.82 Å². The molecule has 0 bridgehead atoms. The summed E-state index contributed by atoms with van der Waals surface area (Å²) in [6.07, 6.45) is 19.2. The first-order chi connectivity index (χ1) is 14.3. The molecule has 0 saturated heterocycles. The Bertz CT molecular complexity index is 455. The summed E-state index contributed by atoms with van der Waals surface area (Å²) in [5.41, 5.74) is 0. The van der Waals surface area contributed by atoms with E-state index in [0.29, 0.717) is 12.8 Å². The molecule has 0 aliphatic carbocycles. The molecule has 0 rings (SSSR count). The van der Waals surface area contributed by atoms with Crippen molar-refractivity contribution in [3.05, 3.63) is 0 Å². The number of unbranched alkanes of at least 4 members (excludes halogenated alkanes) is 14. The van der Waals surface area contributed by atoms with Gasteiger partial charge in [-0.05, 0) is 12.8 Å². The summed E-state index contributed by atoms with van der Waals surface area (Å²) in [5.74, 6) is -0.369. The molecule has 0 aromatic rings. The molecule has 180 valence electrons. The Kier molecular flexibility index (Phi) is 19.0. The van der Waals surface area contributed by atoms with Crippen LogP contribution in [0, 0.1) is 5.92 Å². The molecule has 0 aromatic heterocycles. The van der Waals surface area contributed by atoms with Crippen molar-refractivity contribution in [3.63, 3.8) is 0 Å². The summed E-state index contributed by atoms with van der Waals surface area (Å²) in [5, 5.41) is 2.62. The lowest BCUT2D eigenvalue weighted by Gasteiger charge is -2.24. The fraction of sp³-hybridized carbons (Fsp3) is 0.957. The number of carbonyl (C=O) groups excluding carboxylic acids is 1. The summed E-state index contributed by atoms with van der Waals surface area (Å²) in [6, 6.07) is 0. The Labute approximate surface area is 185 Å². The largest absolute Gasteiger partial charge is 0.471 e. The fourth-order valence-corrected chi connectivity index (χ4v) is 4.08. The molecule has 0 aromatic carbocycles. The number of nitrogens with one attached hydrogen (secondary N) is 1. The topological polar surface area (TPSA) is 95.9 Å². The van der Waals surface area contributed by atoms with Crippen molar-refractivity contribution in [1.29, 1.82) is 0 Å². The number of phosphoric acid groups is 1. The highest BCUT2D eigenvalue weighted by atomic mass is 31.2. The molecule has 0 aliphatic rings. The van der Waals surface area contributed by atoms with Gasteiger partial charge in [0.1, 0.15) is 6.23 Å². The summed E-state index contributed by atoms with van der Waals surface area (Å²) >= 11 is 0. The minimum atomic E-state index is -4.62. The van der Waals surface area contributed by atoms with E-state index >= 15 is 0 Å². The van der Waals surface area contributed by atoms with Crippen molar-refractivity contribution in [2.24, 2.45) is 5.92 Å². The van der Waals surface area contributed by atoms with E-state index in [1.165, 1.54) is 77.0 Å². The number of hydrogen-bond donors (Lipinski definition) is 3. The molecular weight excluding hydrogens is 401 g/mol. The number of amides is 1. The van der Waals surface area contributed by atoms with Crippen LogP contribution in [0.1, 0.15) is 130 Å². The second-order valence-corrected chi connectivity index (χ2v) is 9.86. The van der Waals surface area contributed by atoms with Crippen molar-refractivity contribution in [2.45, 2.75) is 136 Å². The summed E-state index contributed by atoms with van der Waals surface area (Å²) in [4.78, 5) is 30.0. The van der Waals surface area contributed by atoms with Crippen LogP contribution in [-0.4, -0.2) is 21.9 Å². The van der Waals surface area contributed by atoms with E-state index in [-0.39, 0.29) is 11.8 Å². The molecular formula is C23H48NO5P. The highest BCUT2D eigenvalue weighted by Gasteiger charge is 2.27. The van der Waals surface area contributed by atoms with E-state index < -0.39 is 14.1 Å². The monoisotopic (exact) mass is 449 g/mol. The zero-order valence-corrected chi connectivity index (χ0v) is 20.6. The Morgan fingerprint density at radius 2 is 1.20 bits per heavy atom. The van der Waals surface area contributed by atoms with E-state index in [0.717, 1.165) is 19.3 Å². The van der Waals surface area contributed by atoms with Crippen molar-refractivity contribution >= 4 is 13.7 Å². The van der Waals surface area contributed by atoms with Gasteiger partial charge in [-0.2, -0.15) is 0 Å². The van der Waals surface area contributed by atoms with Crippen LogP contribution in [0.2, 0.25) is 0 Å². The summed E-state index contributed by atoms with van der Waals surface area (Å²) in [7, 11) is -4.62. The molecule has 6 nitrogen and oxygen atoms in total. The number of rotatable bonds is 21. The van der Waals surface area contributed by atoms with Gasteiger partial charge in [0.05, 0.1) is 0 Å². The molecule has 0 heterocycles. The average molecular weight is 450 g/mol. The smallest absolute Gasteiger partial charge is 0.330 e. The van der Waals surface area contributed by atoms with Gasteiger partial charge < -0.3 is 15.1 Å². The van der Waals surface area contributed by atoms with Crippen LogP contribution in [0.3, 0.4) is 0 Å². The minimum absolute atomic E-state index is 0.164. The first-order valence-corrected chi connectivity index (χ1v) is 13.9. The Morgan fingerprint density at radius 3 is 1.57 bits per heavy atom. The summed E-state index contributed by atoms with van der Waals surface area (Å²) in [6.45, 7) is 5.95. The fourth-order valence-electron chi connectivity index (χ4n) is 3.52. The van der Waals surface area contributed by atoms with Crippen LogP contribution in [0.4, 0.5) is 0 Å². The zero-order valence-electron chi connectivity index (χ0n) is 19.7. The lowest BCUT2D eigenvalue weighted by atomic mass is 10.0. The molecule has 0 saturated carbocycles. The highest BCUT2D eigenvalue weighted by molar-refractivity contribution is 7.46. The van der Waals surface area contributed by atoms with Gasteiger partial charge in [0.15, 0.2) is 0 Å². The predicted molar refractivity (Wildman–Crippen MR) is 124 cm³/mol. The number of hydrogen-bond acceptors (Lipinski definition) is 3. The van der Waals surface area contributed by atoms with Crippen LogP contribution in [-0.2, 0) is 13.9 Å². The first kappa shape index (κ1) is 29.6. The molecule has 0 radical (unpaired) electrons. The number of phosphoric ester groups is 1. The zero-order chi connectivity index (χ0) is 22.7. The van der Waals surface area contributed by atoms with Gasteiger partial charge in [-0.25, -0.2) is 4.57 Å². The third-order valence-electron chi connectivity index (χ3n) is 5.72. The van der Waals surface area contributed by atoms with Crippen molar-refractivity contribution in [1.82, 2.24) is 5.32 Å². The molecule has 2 unspecified atom stereocenters. The molecule has 2 atom stereocenters. The van der Waals surface area contributed by atoms with Crippen LogP contribution in [0.5, 0.6) is 0 Å². The third kappa shape index (κ3) is 19.5. The van der Waals surface area contributed by atoms with Crippen LogP contribution < -0.4 is 5.32 Å². The lowest BCUT2D eigenvalue weighted by Crippen LogP contribution is -2.40. The Morgan fingerprint density at radius 1 is 0.800 bits per heavy atom. The van der Waals surface area contributed by atoms with Gasteiger partial charge in [0.2, 0.25) is 5.91 Å². The van der Waals surface area contributed by atoms with Crippen molar-refractivity contribution < 1.29 is 23.7 Å². The highest BCUT2D eigenvalue weighted by Crippen LogP contribution is 2.38. The van der Waals surface area contributed by atoms with Crippen molar-refractivity contribution in [2.75, 3.05) is 0 Å². The quantitative estimate of drug-likeness (QED) is 0.101. The average Bonchev–Trinajstić information content (AvgIpc) is 2.68. The Hall–Kier alpha value is -0.420. The Balaban J connectivity index is 3.58. The van der Waals surface area contributed by atoms with Gasteiger partial charge in [-0.15, -0.1) is 0 Å². The standard InChI is InChI=1S/C23H48NO5P/c1-4-6-7-8-9-10-11-12-13-14-15-16-17-18-19-20-22(25)24-23(21(3)5-2)29-30(26,27)28/h21,23H,4-20H2,1-3H3,(H,24,25)(H2,26,27,28). The maximum atomic E-state index is 12.0. The molecule has 1 amide bonds. The van der Waals surface area contributed by atoms with Gasteiger partial charge in [-0.3, -0.25) is 9.32 Å². The first-order valence-electron chi connectivity index (χ1n) is 12.3. The second-order valence-electron chi connectivity index (χ2n) is 8.67. The van der Waals surface area contributed by atoms with Crippen LogP contribution in [0.15, 0.2) is 0 Å². The molecule has 7 heteroatoms. The van der Waals surface area contributed by atoms with E-state index in [9.17, 15) is 9.36 Å². The maximum absolute atomic E-state index is 12.0. The third-order valence-corrected chi connectivity index (χ3v) is 6.22. The van der Waals surface area contributed by atoms with E-state index in [2.05, 4.69) is 12.2 Å². The van der Waals surface area contributed by atoms with Crippen LogP contribution in [0.25, 0.3) is 0 Å². The van der Waals surface area contributed by atoms with Gasteiger partial charge in [0.25, 0.3) is 0 Å². The molecule has 30 heavy (non-hydrogen) atoms. The van der Waals surface area contributed by atoms with E-state index in [1.807, 2.05) is 6.92 Å². The molecule has 0 fully saturated rings. The number of carbonyl (C=O) groups is 1. The lowest BCUT2D eigenvalue weighted by molar-refractivity contribution is -0.124. The van der Waals surface area contributed by atoms with Gasteiger partial charge in [0, 0.05) is 12.3 Å². The maximum Gasteiger partial charge on any atom is 0.471 e. The normalized spacial score (nSPS) is 13.9. The molecule has 0 spiro atoms. The summed E-state index contributed by atoms with van der Waals surface area (Å²) < 4.78 is 15.8. The molecule has 3 N–H and O–H groups in total. The minimum Gasteiger partial charge on any atom is -0.330 e. The SMILES string of the molecule is CCCCCCCCCCCCCCCCCC(=O)NC(OP(=O)(O)O)C(C)CC.